The first kappa shape index (κ1) is 23.6. The van der Waals surface area contributed by atoms with Crippen LogP contribution in [0.25, 0.3) is 6.08 Å². The fourth-order valence-electron chi connectivity index (χ4n) is 2.74. The zero-order chi connectivity index (χ0) is 22.6. The molecule has 0 aliphatic rings. The maximum Gasteiger partial charge on any atom is 0.331 e. The highest BCUT2D eigenvalue weighted by molar-refractivity contribution is 5.89. The normalized spacial score (nSPS) is 10.5. The van der Waals surface area contributed by atoms with Crippen molar-refractivity contribution in [3.63, 3.8) is 0 Å². The first-order valence-electron chi connectivity index (χ1n) is 9.55. The Morgan fingerprint density at radius 3 is 2.10 bits per heavy atom. The summed E-state index contributed by atoms with van der Waals surface area (Å²) in [4.78, 5) is 23.8. The monoisotopic (exact) mass is 429 g/mol. The van der Waals surface area contributed by atoms with E-state index in [9.17, 15) is 9.59 Å². The third-order valence-electron chi connectivity index (χ3n) is 4.34. The summed E-state index contributed by atoms with van der Waals surface area (Å²) in [5, 5.41) is 2.71. The SMILES string of the molecule is COc1ccc(CCNC(=O)COC(=O)/C=C/c2cc(OC)c(OC)c(OC)c2)cc1. The third-order valence-corrected chi connectivity index (χ3v) is 4.34. The van der Waals surface area contributed by atoms with Gasteiger partial charge in [-0.3, -0.25) is 4.79 Å². The van der Waals surface area contributed by atoms with E-state index in [1.54, 1.807) is 19.2 Å². The number of carbonyl (C=O) groups excluding carboxylic acids is 2. The molecule has 0 spiro atoms. The van der Waals surface area contributed by atoms with Crippen LogP contribution in [0, 0.1) is 0 Å². The molecule has 0 heterocycles. The van der Waals surface area contributed by atoms with E-state index in [0.717, 1.165) is 11.3 Å². The van der Waals surface area contributed by atoms with E-state index >= 15 is 0 Å². The summed E-state index contributed by atoms with van der Waals surface area (Å²) < 4.78 is 25.9. The molecular weight excluding hydrogens is 402 g/mol. The van der Waals surface area contributed by atoms with Gasteiger partial charge in [-0.2, -0.15) is 0 Å². The molecule has 0 aromatic heterocycles. The number of hydrogen-bond donors (Lipinski definition) is 1. The van der Waals surface area contributed by atoms with Crippen LogP contribution >= 0.6 is 0 Å². The fourth-order valence-corrected chi connectivity index (χ4v) is 2.74. The molecule has 0 aliphatic heterocycles. The van der Waals surface area contributed by atoms with E-state index in [4.69, 9.17) is 23.7 Å². The molecule has 0 aliphatic carbocycles. The Hall–Kier alpha value is -3.68. The van der Waals surface area contributed by atoms with E-state index in [1.165, 1.54) is 33.5 Å². The molecule has 0 fully saturated rings. The second-order valence-electron chi connectivity index (χ2n) is 6.35. The van der Waals surface area contributed by atoms with Gasteiger partial charge in [0.2, 0.25) is 5.75 Å². The summed E-state index contributed by atoms with van der Waals surface area (Å²) in [6, 6.07) is 11.0. The highest BCUT2D eigenvalue weighted by Crippen LogP contribution is 2.38. The maximum atomic E-state index is 11.9. The van der Waals surface area contributed by atoms with Crippen LogP contribution in [0.2, 0.25) is 0 Å². The molecule has 2 aromatic rings. The van der Waals surface area contributed by atoms with Crippen molar-refractivity contribution in [1.82, 2.24) is 5.32 Å². The summed E-state index contributed by atoms with van der Waals surface area (Å²) in [5.41, 5.74) is 1.71. The lowest BCUT2D eigenvalue weighted by Gasteiger charge is -2.12. The van der Waals surface area contributed by atoms with Crippen molar-refractivity contribution in [1.29, 1.82) is 0 Å². The highest BCUT2D eigenvalue weighted by atomic mass is 16.5. The molecule has 0 saturated carbocycles. The Bertz CT molecular complexity index is 882. The van der Waals surface area contributed by atoms with Crippen LogP contribution in [0.15, 0.2) is 42.5 Å². The van der Waals surface area contributed by atoms with Gasteiger partial charge < -0.3 is 29.0 Å². The molecule has 31 heavy (non-hydrogen) atoms. The van der Waals surface area contributed by atoms with E-state index < -0.39 is 5.97 Å². The standard InChI is InChI=1S/C23H27NO7/c1-27-18-8-5-16(6-9-18)11-12-24-21(25)15-31-22(26)10-7-17-13-19(28-2)23(30-4)20(14-17)29-3/h5-10,13-14H,11-12,15H2,1-4H3,(H,24,25)/b10-7+. The summed E-state index contributed by atoms with van der Waals surface area (Å²) in [6.07, 6.45) is 3.42. The molecule has 166 valence electrons. The Labute approximate surface area is 181 Å². The van der Waals surface area contributed by atoms with E-state index in [-0.39, 0.29) is 12.5 Å². The molecule has 2 aromatic carbocycles. The van der Waals surface area contributed by atoms with Gasteiger partial charge >= 0.3 is 5.97 Å². The zero-order valence-electron chi connectivity index (χ0n) is 18.1. The Balaban J connectivity index is 1.80. The number of benzene rings is 2. The lowest BCUT2D eigenvalue weighted by Crippen LogP contribution is -2.30. The Morgan fingerprint density at radius 2 is 1.55 bits per heavy atom. The maximum absolute atomic E-state index is 11.9. The second kappa shape index (κ2) is 12.1. The predicted molar refractivity (Wildman–Crippen MR) is 116 cm³/mol. The van der Waals surface area contributed by atoms with Gasteiger partial charge in [0.05, 0.1) is 28.4 Å². The molecule has 1 N–H and O–H groups in total. The van der Waals surface area contributed by atoms with Gasteiger partial charge in [-0.1, -0.05) is 12.1 Å². The highest BCUT2D eigenvalue weighted by Gasteiger charge is 2.12. The average molecular weight is 429 g/mol. The van der Waals surface area contributed by atoms with Crippen molar-refractivity contribution < 1.29 is 33.3 Å². The zero-order valence-corrected chi connectivity index (χ0v) is 18.1. The minimum absolute atomic E-state index is 0.360. The van der Waals surface area contributed by atoms with Crippen LogP contribution in [-0.4, -0.2) is 53.5 Å². The number of rotatable bonds is 11. The molecule has 2 rings (SSSR count). The van der Waals surface area contributed by atoms with Crippen molar-refractivity contribution in [2.24, 2.45) is 0 Å². The van der Waals surface area contributed by atoms with Gasteiger partial charge in [0.1, 0.15) is 5.75 Å². The first-order chi connectivity index (χ1) is 15.0. The van der Waals surface area contributed by atoms with Gasteiger partial charge in [-0.15, -0.1) is 0 Å². The number of amides is 1. The number of ether oxygens (including phenoxy) is 5. The summed E-state index contributed by atoms with van der Waals surface area (Å²) in [7, 11) is 6.13. The topological polar surface area (TPSA) is 92.3 Å². The second-order valence-corrected chi connectivity index (χ2v) is 6.35. The Morgan fingerprint density at radius 1 is 0.903 bits per heavy atom. The van der Waals surface area contributed by atoms with Crippen LogP contribution in [0.1, 0.15) is 11.1 Å². The summed E-state index contributed by atoms with van der Waals surface area (Å²) >= 11 is 0. The molecular formula is C23H27NO7. The quantitative estimate of drug-likeness (QED) is 0.434. The van der Waals surface area contributed by atoms with Crippen molar-refractivity contribution >= 4 is 18.0 Å². The molecule has 8 nitrogen and oxygen atoms in total. The van der Waals surface area contributed by atoms with Crippen molar-refractivity contribution in [2.45, 2.75) is 6.42 Å². The minimum Gasteiger partial charge on any atom is -0.497 e. The number of esters is 1. The molecule has 8 heteroatoms. The van der Waals surface area contributed by atoms with Crippen LogP contribution in [-0.2, 0) is 20.7 Å². The molecule has 1 amide bonds. The number of nitrogens with one attached hydrogen (secondary N) is 1. The summed E-state index contributed by atoms with van der Waals surface area (Å²) in [6.45, 7) is 0.0744. The van der Waals surface area contributed by atoms with Gasteiger partial charge in [-0.05, 0) is 47.9 Å². The van der Waals surface area contributed by atoms with Crippen LogP contribution in [0.5, 0.6) is 23.0 Å². The number of methoxy groups -OCH3 is 4. The average Bonchev–Trinajstić information content (AvgIpc) is 2.80. The number of hydrogen-bond acceptors (Lipinski definition) is 7. The molecule has 0 atom stereocenters. The van der Waals surface area contributed by atoms with Crippen molar-refractivity contribution in [2.75, 3.05) is 41.6 Å². The van der Waals surface area contributed by atoms with Crippen LogP contribution in [0.3, 0.4) is 0 Å². The van der Waals surface area contributed by atoms with Gasteiger partial charge in [0.15, 0.2) is 18.1 Å². The fraction of sp³-hybridized carbons (Fsp3) is 0.304. The van der Waals surface area contributed by atoms with Gasteiger partial charge in [-0.25, -0.2) is 4.79 Å². The predicted octanol–water partition coefficient (Wildman–Crippen LogP) is 2.64. The molecule has 0 bridgehead atoms. The first-order valence-corrected chi connectivity index (χ1v) is 9.55. The van der Waals surface area contributed by atoms with Gasteiger partial charge in [0.25, 0.3) is 5.91 Å². The lowest BCUT2D eigenvalue weighted by atomic mass is 10.1. The van der Waals surface area contributed by atoms with Crippen molar-refractivity contribution in [3.8, 4) is 23.0 Å². The largest absolute Gasteiger partial charge is 0.497 e. The van der Waals surface area contributed by atoms with E-state index in [2.05, 4.69) is 5.32 Å². The lowest BCUT2D eigenvalue weighted by molar-refractivity contribution is -0.143. The molecule has 0 saturated heterocycles. The minimum atomic E-state index is -0.640. The van der Waals surface area contributed by atoms with Gasteiger partial charge in [0, 0.05) is 12.6 Å². The third kappa shape index (κ3) is 7.26. The van der Waals surface area contributed by atoms with E-state index in [1.807, 2.05) is 24.3 Å². The smallest absolute Gasteiger partial charge is 0.331 e. The Kier molecular flexibility index (Phi) is 9.22. The van der Waals surface area contributed by atoms with Crippen molar-refractivity contribution in [3.05, 3.63) is 53.6 Å². The van der Waals surface area contributed by atoms with E-state index in [0.29, 0.717) is 35.8 Å². The number of carbonyl (C=O) groups is 2. The van der Waals surface area contributed by atoms with Crippen LogP contribution < -0.4 is 24.3 Å². The summed E-state index contributed by atoms with van der Waals surface area (Å²) in [5.74, 6) is 1.15. The van der Waals surface area contributed by atoms with Crippen LogP contribution in [0.4, 0.5) is 0 Å². The molecule has 0 radical (unpaired) electrons. The molecule has 0 unspecified atom stereocenters.